The molecular weight excluding hydrogens is 191 g/mol. The van der Waals surface area contributed by atoms with Crippen LogP contribution in [0.3, 0.4) is 0 Å². The monoisotopic (exact) mass is 218 g/mol. The molecule has 14 heavy (non-hydrogen) atoms. The van der Waals surface area contributed by atoms with Crippen molar-refractivity contribution < 1.29 is 4.52 Å². The molecule has 0 radical (unpaired) electrons. The second-order valence-electron chi connectivity index (χ2n) is 4.10. The molecule has 0 N–H and O–H groups in total. The van der Waals surface area contributed by atoms with Crippen LogP contribution in [0.25, 0.3) is 0 Å². The van der Waals surface area contributed by atoms with Crippen LogP contribution in [0.5, 0.6) is 0 Å². The van der Waals surface area contributed by atoms with Crippen molar-refractivity contribution in [1.82, 2.24) is 0 Å². The molecule has 0 rings (SSSR count). The van der Waals surface area contributed by atoms with Crippen LogP contribution in [0.1, 0.15) is 71.6 Å². The fourth-order valence-corrected chi connectivity index (χ4v) is 1.96. The molecule has 0 aliphatic rings. The molecule has 0 aromatic carbocycles. The first-order valence-electron chi connectivity index (χ1n) is 6.20. The lowest BCUT2D eigenvalue weighted by Crippen LogP contribution is -2.07. The van der Waals surface area contributed by atoms with E-state index in [4.69, 9.17) is 4.52 Å². The highest BCUT2D eigenvalue weighted by atomic mass is 31.0. The minimum atomic E-state index is 0.488. The highest BCUT2D eigenvalue weighted by molar-refractivity contribution is 7.09. The predicted octanol–water partition coefficient (Wildman–Crippen LogP) is 4.71. The zero-order valence-corrected chi connectivity index (χ0v) is 11.1. The van der Waals surface area contributed by atoms with Gasteiger partial charge in [-0.1, -0.05) is 58.8 Å². The van der Waals surface area contributed by atoms with Crippen molar-refractivity contribution >= 4 is 9.47 Å². The fourth-order valence-electron chi connectivity index (χ4n) is 1.69. The van der Waals surface area contributed by atoms with Gasteiger partial charge in [0.15, 0.2) is 0 Å². The smallest absolute Gasteiger partial charge is 0.0610 e. The highest BCUT2D eigenvalue weighted by Crippen LogP contribution is 2.16. The molecule has 1 nitrogen and oxygen atoms in total. The lowest BCUT2D eigenvalue weighted by Gasteiger charge is -2.14. The Morgan fingerprint density at radius 1 is 0.857 bits per heavy atom. The van der Waals surface area contributed by atoms with Gasteiger partial charge in [0.05, 0.1) is 6.10 Å². The SMILES string of the molecule is CCCCCCCC(CCCC)OP. The van der Waals surface area contributed by atoms with Crippen LogP contribution >= 0.6 is 9.47 Å². The molecule has 0 bridgehead atoms. The Kier molecular flexibility index (Phi) is 11.8. The highest BCUT2D eigenvalue weighted by Gasteiger charge is 2.05. The van der Waals surface area contributed by atoms with Crippen LogP contribution in [0.4, 0.5) is 0 Å². The molecule has 0 aliphatic heterocycles. The van der Waals surface area contributed by atoms with Gasteiger partial charge in [-0.25, -0.2) is 0 Å². The molecule has 2 atom stereocenters. The number of hydrogen-bond acceptors (Lipinski definition) is 1. The van der Waals surface area contributed by atoms with E-state index in [-0.39, 0.29) is 0 Å². The molecular formula is C12H27OP. The zero-order valence-electron chi connectivity index (χ0n) is 9.93. The first-order valence-corrected chi connectivity index (χ1v) is 6.67. The van der Waals surface area contributed by atoms with Gasteiger partial charge in [-0.2, -0.15) is 0 Å². The number of hydrogen-bond donors (Lipinski definition) is 0. The molecule has 0 fully saturated rings. The molecule has 86 valence electrons. The van der Waals surface area contributed by atoms with Crippen molar-refractivity contribution in [3.8, 4) is 0 Å². The van der Waals surface area contributed by atoms with E-state index in [1.54, 1.807) is 0 Å². The third-order valence-electron chi connectivity index (χ3n) is 2.70. The molecule has 0 aliphatic carbocycles. The largest absolute Gasteiger partial charge is 0.362 e. The van der Waals surface area contributed by atoms with Gasteiger partial charge in [0.25, 0.3) is 0 Å². The lowest BCUT2D eigenvalue weighted by molar-refractivity contribution is 0.205. The van der Waals surface area contributed by atoms with Crippen LogP contribution in [0, 0.1) is 0 Å². The minimum absolute atomic E-state index is 0.488. The lowest BCUT2D eigenvalue weighted by atomic mass is 10.0. The number of rotatable bonds is 10. The van der Waals surface area contributed by atoms with E-state index in [0.29, 0.717) is 6.10 Å². The van der Waals surface area contributed by atoms with Crippen molar-refractivity contribution in [2.75, 3.05) is 0 Å². The van der Waals surface area contributed by atoms with Crippen LogP contribution in [-0.2, 0) is 4.52 Å². The average Bonchev–Trinajstić information content (AvgIpc) is 2.22. The summed E-state index contributed by atoms with van der Waals surface area (Å²) in [5.41, 5.74) is 0. The van der Waals surface area contributed by atoms with Gasteiger partial charge in [0, 0.05) is 9.47 Å². The number of unbranched alkanes of at least 4 members (excludes halogenated alkanes) is 5. The van der Waals surface area contributed by atoms with E-state index < -0.39 is 0 Å². The Hall–Kier alpha value is 0.390. The van der Waals surface area contributed by atoms with E-state index in [2.05, 4.69) is 23.3 Å². The molecule has 0 saturated heterocycles. The van der Waals surface area contributed by atoms with E-state index in [1.165, 1.54) is 57.8 Å². The molecule has 0 heterocycles. The van der Waals surface area contributed by atoms with E-state index in [1.807, 2.05) is 0 Å². The third kappa shape index (κ3) is 8.97. The van der Waals surface area contributed by atoms with Crippen LogP contribution in [0.2, 0.25) is 0 Å². The summed E-state index contributed by atoms with van der Waals surface area (Å²) in [7, 11) is 2.42. The van der Waals surface area contributed by atoms with Crippen molar-refractivity contribution in [3.05, 3.63) is 0 Å². The summed E-state index contributed by atoms with van der Waals surface area (Å²) in [5.74, 6) is 0. The van der Waals surface area contributed by atoms with Crippen LogP contribution in [-0.4, -0.2) is 6.10 Å². The molecule has 0 amide bonds. The van der Waals surface area contributed by atoms with Gasteiger partial charge >= 0.3 is 0 Å². The Morgan fingerprint density at radius 3 is 2.00 bits per heavy atom. The Bertz CT molecular complexity index is 106. The van der Waals surface area contributed by atoms with Gasteiger partial charge in [-0.05, 0) is 12.8 Å². The minimum Gasteiger partial charge on any atom is -0.362 e. The van der Waals surface area contributed by atoms with Crippen molar-refractivity contribution in [2.24, 2.45) is 0 Å². The summed E-state index contributed by atoms with van der Waals surface area (Å²) >= 11 is 0. The molecule has 2 unspecified atom stereocenters. The van der Waals surface area contributed by atoms with Crippen LogP contribution < -0.4 is 0 Å². The van der Waals surface area contributed by atoms with Crippen molar-refractivity contribution in [2.45, 2.75) is 77.7 Å². The topological polar surface area (TPSA) is 9.23 Å². The first-order chi connectivity index (χ1) is 6.85. The Morgan fingerprint density at radius 2 is 1.43 bits per heavy atom. The summed E-state index contributed by atoms with van der Waals surface area (Å²) in [6.07, 6.45) is 12.4. The summed E-state index contributed by atoms with van der Waals surface area (Å²) in [5, 5.41) is 0. The second kappa shape index (κ2) is 11.5. The Labute approximate surface area is 92.3 Å². The predicted molar refractivity (Wildman–Crippen MR) is 67.5 cm³/mol. The quantitative estimate of drug-likeness (QED) is 0.381. The van der Waals surface area contributed by atoms with Gasteiger partial charge < -0.3 is 4.52 Å². The summed E-state index contributed by atoms with van der Waals surface area (Å²) in [6.45, 7) is 4.50. The van der Waals surface area contributed by atoms with Gasteiger partial charge in [-0.3, -0.25) is 0 Å². The Balaban J connectivity index is 3.24. The maximum atomic E-state index is 5.38. The normalized spacial score (nSPS) is 13.1. The summed E-state index contributed by atoms with van der Waals surface area (Å²) in [4.78, 5) is 0. The molecule has 0 aromatic heterocycles. The summed E-state index contributed by atoms with van der Waals surface area (Å²) in [6, 6.07) is 0. The standard InChI is InChI=1S/C12H27OP/c1-3-5-7-8-9-11-12(13-14)10-6-4-2/h12H,3-11,14H2,1-2H3. The van der Waals surface area contributed by atoms with Gasteiger partial charge in [0.2, 0.25) is 0 Å². The van der Waals surface area contributed by atoms with Gasteiger partial charge in [-0.15, -0.1) is 0 Å². The van der Waals surface area contributed by atoms with E-state index in [9.17, 15) is 0 Å². The average molecular weight is 218 g/mol. The van der Waals surface area contributed by atoms with Crippen molar-refractivity contribution in [3.63, 3.8) is 0 Å². The molecule has 0 saturated carbocycles. The maximum absolute atomic E-state index is 5.38. The molecule has 0 spiro atoms. The summed E-state index contributed by atoms with van der Waals surface area (Å²) < 4.78 is 5.38. The molecule has 2 heteroatoms. The van der Waals surface area contributed by atoms with E-state index in [0.717, 1.165) is 0 Å². The molecule has 0 aromatic rings. The third-order valence-corrected chi connectivity index (χ3v) is 3.09. The fraction of sp³-hybridized carbons (Fsp3) is 1.00. The maximum Gasteiger partial charge on any atom is 0.0610 e. The van der Waals surface area contributed by atoms with Gasteiger partial charge in [0.1, 0.15) is 0 Å². The zero-order chi connectivity index (χ0) is 10.6. The van der Waals surface area contributed by atoms with E-state index >= 15 is 0 Å². The second-order valence-corrected chi connectivity index (χ2v) is 4.38. The van der Waals surface area contributed by atoms with Crippen LogP contribution in [0.15, 0.2) is 0 Å². The first kappa shape index (κ1) is 14.4. The van der Waals surface area contributed by atoms with Crippen molar-refractivity contribution in [1.29, 1.82) is 0 Å².